The number of hydrogen-bond acceptors (Lipinski definition) is 4. The van der Waals surface area contributed by atoms with Gasteiger partial charge in [0.25, 0.3) is 5.91 Å². The fraction of sp³-hybridized carbons (Fsp3) is 0.333. The molecule has 0 N–H and O–H groups in total. The van der Waals surface area contributed by atoms with Crippen LogP contribution >= 0.6 is 11.6 Å². The summed E-state index contributed by atoms with van der Waals surface area (Å²) in [6, 6.07) is 7.40. The van der Waals surface area contributed by atoms with Crippen LogP contribution in [0, 0.1) is 0 Å². The first kappa shape index (κ1) is 15.3. The van der Waals surface area contributed by atoms with Crippen LogP contribution in [0.3, 0.4) is 0 Å². The van der Waals surface area contributed by atoms with E-state index in [0.29, 0.717) is 35.3 Å². The van der Waals surface area contributed by atoms with Gasteiger partial charge >= 0.3 is 0 Å². The van der Waals surface area contributed by atoms with Gasteiger partial charge in [-0.15, -0.1) is 0 Å². The minimum absolute atomic E-state index is 0.0341. The lowest BCUT2D eigenvalue weighted by atomic mass is 10.1. The van der Waals surface area contributed by atoms with Crippen molar-refractivity contribution in [1.29, 1.82) is 0 Å². The van der Waals surface area contributed by atoms with E-state index in [-0.39, 0.29) is 11.9 Å². The molecule has 4 rings (SSSR count). The van der Waals surface area contributed by atoms with Crippen LogP contribution < -0.4 is 9.47 Å². The molecule has 0 spiro atoms. The summed E-state index contributed by atoms with van der Waals surface area (Å²) in [5.74, 6) is 1.02. The first-order valence-corrected chi connectivity index (χ1v) is 8.42. The lowest BCUT2D eigenvalue weighted by Crippen LogP contribution is -2.30. The smallest absolute Gasteiger partial charge is 0.254 e. The molecule has 2 aromatic rings. The van der Waals surface area contributed by atoms with Gasteiger partial charge in [0.2, 0.25) is 0 Å². The van der Waals surface area contributed by atoms with Crippen LogP contribution in [0.5, 0.6) is 11.5 Å². The van der Waals surface area contributed by atoms with Gasteiger partial charge in [-0.3, -0.25) is 9.78 Å². The van der Waals surface area contributed by atoms with Crippen molar-refractivity contribution < 1.29 is 14.3 Å². The van der Waals surface area contributed by atoms with Gasteiger partial charge < -0.3 is 14.4 Å². The summed E-state index contributed by atoms with van der Waals surface area (Å²) in [5.41, 5.74) is 1.64. The molecule has 2 aliphatic rings. The Labute approximate surface area is 145 Å². The maximum Gasteiger partial charge on any atom is 0.254 e. The maximum atomic E-state index is 13.0. The molecule has 0 unspecified atom stereocenters. The van der Waals surface area contributed by atoms with E-state index in [4.69, 9.17) is 21.1 Å². The average Bonchev–Trinajstić information content (AvgIpc) is 3.11. The van der Waals surface area contributed by atoms with Crippen molar-refractivity contribution >= 4 is 17.5 Å². The number of fused-ring (bicyclic) bond motifs is 1. The highest BCUT2D eigenvalue weighted by molar-refractivity contribution is 6.32. The van der Waals surface area contributed by atoms with Crippen molar-refractivity contribution in [1.82, 2.24) is 9.88 Å². The van der Waals surface area contributed by atoms with Crippen LogP contribution in [0.4, 0.5) is 0 Å². The van der Waals surface area contributed by atoms with Gasteiger partial charge in [-0.1, -0.05) is 11.6 Å². The number of carbonyl (C=O) groups excluding carboxylic acids is 1. The highest BCUT2D eigenvalue weighted by Crippen LogP contribution is 2.40. The molecule has 0 bridgehead atoms. The molecular formula is C18H17ClN2O3. The minimum Gasteiger partial charge on any atom is -0.486 e. The van der Waals surface area contributed by atoms with Crippen molar-refractivity contribution in [3.8, 4) is 11.5 Å². The number of halogens is 1. The van der Waals surface area contributed by atoms with Gasteiger partial charge in [0, 0.05) is 24.5 Å². The molecule has 24 heavy (non-hydrogen) atoms. The molecule has 3 heterocycles. The summed E-state index contributed by atoms with van der Waals surface area (Å²) in [5, 5.41) is 0.412. The van der Waals surface area contributed by atoms with Crippen LogP contribution in [-0.2, 0) is 0 Å². The Bertz CT molecular complexity index is 766. The average molecular weight is 345 g/mol. The number of hydrogen-bond donors (Lipinski definition) is 0. The third kappa shape index (κ3) is 2.69. The quantitative estimate of drug-likeness (QED) is 0.837. The molecule has 2 aliphatic heterocycles. The van der Waals surface area contributed by atoms with Gasteiger partial charge in [0.1, 0.15) is 13.2 Å². The molecule has 1 fully saturated rings. The zero-order chi connectivity index (χ0) is 16.5. The summed E-state index contributed by atoms with van der Waals surface area (Å²) in [6.07, 6.45) is 5.46. The first-order valence-electron chi connectivity index (χ1n) is 8.04. The normalized spacial score (nSPS) is 19.4. The summed E-state index contributed by atoms with van der Waals surface area (Å²) in [7, 11) is 0. The van der Waals surface area contributed by atoms with E-state index in [1.165, 1.54) is 0 Å². The zero-order valence-electron chi connectivity index (χ0n) is 13.1. The van der Waals surface area contributed by atoms with E-state index in [0.717, 1.165) is 24.9 Å². The van der Waals surface area contributed by atoms with Crippen molar-refractivity contribution in [2.45, 2.75) is 18.9 Å². The van der Waals surface area contributed by atoms with E-state index >= 15 is 0 Å². The number of ether oxygens (including phenoxy) is 2. The third-order valence-corrected chi connectivity index (χ3v) is 4.73. The summed E-state index contributed by atoms with van der Waals surface area (Å²) < 4.78 is 11.1. The molecule has 0 saturated carbocycles. The number of aromatic nitrogens is 1. The van der Waals surface area contributed by atoms with Crippen LogP contribution in [0.15, 0.2) is 36.7 Å². The summed E-state index contributed by atoms with van der Waals surface area (Å²) >= 11 is 6.27. The zero-order valence-corrected chi connectivity index (χ0v) is 13.8. The Balaban J connectivity index is 1.65. The van der Waals surface area contributed by atoms with E-state index in [1.54, 1.807) is 24.5 Å². The van der Waals surface area contributed by atoms with E-state index in [9.17, 15) is 4.79 Å². The molecule has 6 heteroatoms. The minimum atomic E-state index is -0.0341. The maximum absolute atomic E-state index is 13.0. The topological polar surface area (TPSA) is 51.7 Å². The number of benzene rings is 1. The monoisotopic (exact) mass is 344 g/mol. The van der Waals surface area contributed by atoms with Crippen molar-refractivity contribution in [2.75, 3.05) is 19.8 Å². The number of rotatable bonds is 2. The number of nitrogens with zero attached hydrogens (tertiary/aromatic N) is 2. The van der Waals surface area contributed by atoms with Crippen LogP contribution in [-0.4, -0.2) is 35.5 Å². The second-order valence-corrected chi connectivity index (χ2v) is 6.33. The highest BCUT2D eigenvalue weighted by Gasteiger charge is 2.31. The van der Waals surface area contributed by atoms with E-state index < -0.39 is 0 Å². The molecule has 1 aromatic carbocycles. The fourth-order valence-corrected chi connectivity index (χ4v) is 3.61. The lowest BCUT2D eigenvalue weighted by molar-refractivity contribution is 0.0734. The number of amides is 1. The van der Waals surface area contributed by atoms with Crippen LogP contribution in [0.1, 0.15) is 34.8 Å². The molecular weight excluding hydrogens is 328 g/mol. The van der Waals surface area contributed by atoms with Gasteiger partial charge in [0.15, 0.2) is 11.5 Å². The van der Waals surface area contributed by atoms with Crippen molar-refractivity contribution in [2.24, 2.45) is 0 Å². The third-order valence-electron chi connectivity index (χ3n) is 4.45. The largest absolute Gasteiger partial charge is 0.486 e. The molecule has 1 saturated heterocycles. The molecule has 0 radical (unpaired) electrons. The lowest BCUT2D eigenvalue weighted by Gasteiger charge is -2.26. The van der Waals surface area contributed by atoms with Crippen molar-refractivity contribution in [3.05, 3.63) is 52.8 Å². The summed E-state index contributed by atoms with van der Waals surface area (Å²) in [6.45, 7) is 1.67. The molecule has 1 atom stereocenters. The molecule has 0 aliphatic carbocycles. The molecule has 124 valence electrons. The van der Waals surface area contributed by atoms with E-state index in [1.807, 2.05) is 17.0 Å². The molecule has 5 nitrogen and oxygen atoms in total. The Hall–Kier alpha value is -2.27. The number of likely N-dealkylation sites (tertiary alicyclic amines) is 1. The summed E-state index contributed by atoms with van der Waals surface area (Å²) in [4.78, 5) is 19.0. The van der Waals surface area contributed by atoms with Crippen LogP contribution in [0.2, 0.25) is 5.02 Å². The van der Waals surface area contributed by atoms with Gasteiger partial charge in [0.05, 0.1) is 11.1 Å². The second kappa shape index (κ2) is 6.32. The Kier molecular flexibility index (Phi) is 4.02. The Morgan fingerprint density at radius 3 is 2.83 bits per heavy atom. The fourth-order valence-electron chi connectivity index (χ4n) is 3.34. The number of pyridine rings is 1. The first-order chi connectivity index (χ1) is 11.7. The van der Waals surface area contributed by atoms with Gasteiger partial charge in [-0.25, -0.2) is 0 Å². The molecule has 1 amide bonds. The second-order valence-electron chi connectivity index (χ2n) is 5.92. The number of carbonyl (C=O) groups is 1. The highest BCUT2D eigenvalue weighted by atomic mass is 35.5. The van der Waals surface area contributed by atoms with Crippen molar-refractivity contribution in [3.63, 3.8) is 0 Å². The standard InChI is InChI=1S/C18H17ClN2O3/c19-14-10-13(11-16-17(14)24-9-8-23-16)18(22)21-7-1-2-15(21)12-3-5-20-6-4-12/h3-6,10-11,15H,1-2,7-9H2/t15-/m1/s1. The Morgan fingerprint density at radius 1 is 1.21 bits per heavy atom. The van der Waals surface area contributed by atoms with Crippen LogP contribution in [0.25, 0.3) is 0 Å². The predicted molar refractivity (Wildman–Crippen MR) is 89.7 cm³/mol. The van der Waals surface area contributed by atoms with E-state index in [2.05, 4.69) is 4.98 Å². The van der Waals surface area contributed by atoms with Gasteiger partial charge in [-0.05, 0) is 42.7 Å². The Morgan fingerprint density at radius 2 is 2.00 bits per heavy atom. The van der Waals surface area contributed by atoms with Gasteiger partial charge in [-0.2, -0.15) is 0 Å². The molecule has 1 aromatic heterocycles. The SMILES string of the molecule is O=C(c1cc(Cl)c2c(c1)OCCO2)N1CCC[C@@H]1c1ccncc1. The predicted octanol–water partition coefficient (Wildman–Crippen LogP) is 3.48.